The van der Waals surface area contributed by atoms with Crippen LogP contribution < -0.4 is 20.5 Å². The predicted octanol–water partition coefficient (Wildman–Crippen LogP) is 1.49. The van der Waals surface area contributed by atoms with Gasteiger partial charge >= 0.3 is 0 Å². The number of nitrogens with one attached hydrogen (secondary N) is 1. The zero-order valence-electron chi connectivity index (χ0n) is 12.9. The van der Waals surface area contributed by atoms with Gasteiger partial charge in [-0.25, -0.2) is 0 Å². The molecule has 2 rings (SSSR count). The molecule has 5 nitrogen and oxygen atoms in total. The van der Waals surface area contributed by atoms with Crippen LogP contribution >= 0.6 is 0 Å². The molecule has 116 valence electrons. The Hall–Kier alpha value is -1.75. The number of rotatable bonds is 8. The van der Waals surface area contributed by atoms with Crippen molar-refractivity contribution in [3.05, 3.63) is 23.8 Å². The van der Waals surface area contributed by atoms with E-state index in [9.17, 15) is 4.79 Å². The molecule has 1 aromatic carbocycles. The standard InChI is InChI=1S/C16H24N2O3/c1-16(15(17)19,18-10-11-4-5-11)9-12-6-7-13(20-2)14(8-12)21-3/h6-8,11,18H,4-5,9-10H2,1-3H3,(H2,17,19). The summed E-state index contributed by atoms with van der Waals surface area (Å²) in [6.45, 7) is 2.70. The normalized spacial score (nSPS) is 17.1. The monoisotopic (exact) mass is 292 g/mol. The van der Waals surface area contributed by atoms with Gasteiger partial charge in [-0.15, -0.1) is 0 Å². The molecule has 1 aliphatic rings. The highest BCUT2D eigenvalue weighted by Gasteiger charge is 2.33. The fourth-order valence-corrected chi connectivity index (χ4v) is 2.33. The van der Waals surface area contributed by atoms with Gasteiger partial charge in [-0.1, -0.05) is 6.07 Å². The van der Waals surface area contributed by atoms with Gasteiger partial charge in [0.05, 0.1) is 19.8 Å². The molecule has 1 aromatic rings. The summed E-state index contributed by atoms with van der Waals surface area (Å²) < 4.78 is 10.5. The molecule has 1 amide bonds. The zero-order valence-corrected chi connectivity index (χ0v) is 12.9. The Bertz CT molecular complexity index is 514. The van der Waals surface area contributed by atoms with E-state index in [1.165, 1.54) is 12.8 Å². The highest BCUT2D eigenvalue weighted by atomic mass is 16.5. The summed E-state index contributed by atoms with van der Waals surface area (Å²) in [5, 5.41) is 3.33. The van der Waals surface area contributed by atoms with E-state index in [1.54, 1.807) is 14.2 Å². The van der Waals surface area contributed by atoms with Gasteiger partial charge in [0.2, 0.25) is 5.91 Å². The summed E-state index contributed by atoms with van der Waals surface area (Å²) in [6, 6.07) is 5.66. The number of methoxy groups -OCH3 is 2. The SMILES string of the molecule is COc1ccc(CC(C)(NCC2CC2)C(N)=O)cc1OC. The molecule has 0 aliphatic heterocycles. The fraction of sp³-hybridized carbons (Fsp3) is 0.562. The summed E-state index contributed by atoms with van der Waals surface area (Å²) in [6.07, 6.45) is 2.99. The first kappa shape index (κ1) is 15.6. The molecular weight excluding hydrogens is 268 g/mol. The lowest BCUT2D eigenvalue weighted by Gasteiger charge is -2.28. The average Bonchev–Trinajstić information content (AvgIpc) is 3.29. The lowest BCUT2D eigenvalue weighted by molar-refractivity contribution is -0.123. The van der Waals surface area contributed by atoms with Crippen molar-refractivity contribution in [3.8, 4) is 11.5 Å². The molecule has 0 bridgehead atoms. The van der Waals surface area contributed by atoms with E-state index >= 15 is 0 Å². The van der Waals surface area contributed by atoms with E-state index < -0.39 is 5.54 Å². The van der Waals surface area contributed by atoms with Crippen molar-refractivity contribution in [1.29, 1.82) is 0 Å². The molecule has 0 spiro atoms. The van der Waals surface area contributed by atoms with Crippen molar-refractivity contribution < 1.29 is 14.3 Å². The number of hydrogen-bond acceptors (Lipinski definition) is 4. The number of amides is 1. The van der Waals surface area contributed by atoms with Gasteiger partial charge in [-0.3, -0.25) is 4.79 Å². The van der Waals surface area contributed by atoms with Crippen molar-refractivity contribution in [1.82, 2.24) is 5.32 Å². The van der Waals surface area contributed by atoms with Crippen LogP contribution in [0.1, 0.15) is 25.3 Å². The quantitative estimate of drug-likeness (QED) is 0.761. The first-order valence-corrected chi connectivity index (χ1v) is 7.24. The van der Waals surface area contributed by atoms with Crippen LogP contribution in [0.4, 0.5) is 0 Å². The Kier molecular flexibility index (Phi) is 4.73. The van der Waals surface area contributed by atoms with Crippen LogP contribution in [0.25, 0.3) is 0 Å². The van der Waals surface area contributed by atoms with Crippen molar-refractivity contribution >= 4 is 5.91 Å². The molecule has 1 aliphatic carbocycles. The predicted molar refractivity (Wildman–Crippen MR) is 81.6 cm³/mol. The number of hydrogen-bond donors (Lipinski definition) is 2. The van der Waals surface area contributed by atoms with Crippen LogP contribution in [0.5, 0.6) is 11.5 Å². The molecule has 1 saturated carbocycles. The number of nitrogens with two attached hydrogens (primary N) is 1. The molecule has 1 fully saturated rings. The van der Waals surface area contributed by atoms with Crippen LogP contribution in [0.3, 0.4) is 0 Å². The van der Waals surface area contributed by atoms with Gasteiger partial charge in [0.25, 0.3) is 0 Å². The Morgan fingerprint density at radius 2 is 2.00 bits per heavy atom. The number of carbonyl (C=O) groups is 1. The lowest BCUT2D eigenvalue weighted by Crippen LogP contribution is -2.55. The lowest BCUT2D eigenvalue weighted by atomic mass is 9.91. The highest BCUT2D eigenvalue weighted by molar-refractivity contribution is 5.84. The topological polar surface area (TPSA) is 73.6 Å². The summed E-state index contributed by atoms with van der Waals surface area (Å²) in [5.41, 5.74) is 5.83. The van der Waals surface area contributed by atoms with Crippen molar-refractivity contribution in [2.24, 2.45) is 11.7 Å². The van der Waals surface area contributed by atoms with E-state index in [0.29, 0.717) is 23.8 Å². The smallest absolute Gasteiger partial charge is 0.237 e. The third-order valence-electron chi connectivity index (χ3n) is 4.03. The minimum Gasteiger partial charge on any atom is -0.493 e. The zero-order chi connectivity index (χ0) is 15.5. The molecule has 3 N–H and O–H groups in total. The fourth-order valence-electron chi connectivity index (χ4n) is 2.33. The van der Waals surface area contributed by atoms with E-state index in [0.717, 1.165) is 12.1 Å². The maximum absolute atomic E-state index is 11.8. The van der Waals surface area contributed by atoms with Gasteiger partial charge in [-0.2, -0.15) is 0 Å². The molecule has 0 heterocycles. The van der Waals surface area contributed by atoms with Crippen molar-refractivity contribution in [2.75, 3.05) is 20.8 Å². The second-order valence-corrected chi connectivity index (χ2v) is 5.89. The van der Waals surface area contributed by atoms with Gasteiger partial charge in [0.1, 0.15) is 0 Å². The first-order chi connectivity index (χ1) is 9.98. The molecule has 0 saturated heterocycles. The van der Waals surface area contributed by atoms with Gasteiger partial charge in [0, 0.05) is 0 Å². The minimum atomic E-state index is -0.748. The van der Waals surface area contributed by atoms with E-state index in [4.69, 9.17) is 15.2 Å². The Morgan fingerprint density at radius 1 is 1.33 bits per heavy atom. The van der Waals surface area contributed by atoms with Crippen LogP contribution in [0.2, 0.25) is 0 Å². The Balaban J connectivity index is 2.13. The van der Waals surface area contributed by atoms with E-state index in [2.05, 4.69) is 5.32 Å². The van der Waals surface area contributed by atoms with Crippen LogP contribution in [0.15, 0.2) is 18.2 Å². The molecule has 1 atom stereocenters. The highest BCUT2D eigenvalue weighted by Crippen LogP contribution is 2.30. The van der Waals surface area contributed by atoms with Crippen LogP contribution in [-0.4, -0.2) is 32.2 Å². The van der Waals surface area contributed by atoms with E-state index in [1.807, 2.05) is 25.1 Å². The maximum atomic E-state index is 11.8. The summed E-state index contributed by atoms with van der Waals surface area (Å²) in [5.74, 6) is 1.68. The number of primary amides is 1. The largest absolute Gasteiger partial charge is 0.493 e. The van der Waals surface area contributed by atoms with Crippen LogP contribution in [0, 0.1) is 5.92 Å². The molecule has 0 aromatic heterocycles. The Labute approximate surface area is 125 Å². The number of ether oxygens (including phenoxy) is 2. The Morgan fingerprint density at radius 3 is 2.52 bits per heavy atom. The van der Waals surface area contributed by atoms with Crippen molar-refractivity contribution in [3.63, 3.8) is 0 Å². The molecule has 1 unspecified atom stereocenters. The molecule has 0 radical (unpaired) electrons. The maximum Gasteiger partial charge on any atom is 0.237 e. The minimum absolute atomic E-state index is 0.335. The third kappa shape index (κ3) is 3.88. The molecule has 21 heavy (non-hydrogen) atoms. The summed E-state index contributed by atoms with van der Waals surface area (Å²) in [7, 11) is 3.20. The average molecular weight is 292 g/mol. The van der Waals surface area contributed by atoms with Gasteiger partial charge in [0.15, 0.2) is 11.5 Å². The summed E-state index contributed by atoms with van der Waals surface area (Å²) in [4.78, 5) is 11.8. The second-order valence-electron chi connectivity index (χ2n) is 5.89. The number of carbonyl (C=O) groups excluding carboxylic acids is 1. The van der Waals surface area contributed by atoms with Crippen LogP contribution in [-0.2, 0) is 11.2 Å². The molecular formula is C16H24N2O3. The number of benzene rings is 1. The summed E-state index contributed by atoms with van der Waals surface area (Å²) >= 11 is 0. The molecule has 5 heteroatoms. The second kappa shape index (κ2) is 6.35. The van der Waals surface area contributed by atoms with Gasteiger partial charge in [-0.05, 0) is 56.3 Å². The van der Waals surface area contributed by atoms with Crippen molar-refractivity contribution in [2.45, 2.75) is 31.7 Å². The third-order valence-corrected chi connectivity index (χ3v) is 4.03. The first-order valence-electron chi connectivity index (χ1n) is 7.24. The van der Waals surface area contributed by atoms with E-state index in [-0.39, 0.29) is 5.91 Å². The van der Waals surface area contributed by atoms with Gasteiger partial charge < -0.3 is 20.5 Å².